The van der Waals surface area contributed by atoms with Crippen LogP contribution < -0.4 is 10.5 Å². The van der Waals surface area contributed by atoms with Gasteiger partial charge < -0.3 is 10.6 Å². The van der Waals surface area contributed by atoms with Crippen molar-refractivity contribution in [3.8, 4) is 0 Å². The number of likely N-dealkylation sites (tertiary alicyclic amines) is 1. The standard InChI is InChI=1S/C19H28N4O3S/c1-13(2)10-15(18(24)23-9-8-19(3,11-20)12-23)21-17-14-6-4-5-7-16(14)27(25,26)22-17/h4-7,13,15H,8-12,20H2,1-3H3,(H,21,22). The Kier molecular flexibility index (Phi) is 5.31. The van der Waals surface area contributed by atoms with E-state index in [1.165, 1.54) is 0 Å². The number of hydrogen-bond donors (Lipinski definition) is 2. The van der Waals surface area contributed by atoms with Gasteiger partial charge in [0.2, 0.25) is 5.91 Å². The number of amidine groups is 1. The summed E-state index contributed by atoms with van der Waals surface area (Å²) in [5.41, 5.74) is 6.32. The summed E-state index contributed by atoms with van der Waals surface area (Å²) in [6.07, 6.45) is 1.43. The van der Waals surface area contributed by atoms with Crippen molar-refractivity contribution in [2.24, 2.45) is 22.1 Å². The van der Waals surface area contributed by atoms with E-state index in [4.69, 9.17) is 5.73 Å². The van der Waals surface area contributed by atoms with Crippen LogP contribution in [-0.2, 0) is 14.8 Å². The predicted octanol–water partition coefficient (Wildman–Crippen LogP) is 1.34. The maximum absolute atomic E-state index is 13.1. The van der Waals surface area contributed by atoms with Gasteiger partial charge in [-0.15, -0.1) is 0 Å². The first-order chi connectivity index (χ1) is 12.6. The third-order valence-electron chi connectivity index (χ3n) is 5.29. The lowest BCUT2D eigenvalue weighted by Gasteiger charge is -2.25. The van der Waals surface area contributed by atoms with Crippen molar-refractivity contribution < 1.29 is 13.2 Å². The Hall–Kier alpha value is -1.93. The molecule has 2 atom stereocenters. The maximum atomic E-state index is 13.1. The Morgan fingerprint density at radius 2 is 2.07 bits per heavy atom. The molecule has 1 saturated heterocycles. The van der Waals surface area contributed by atoms with Gasteiger partial charge in [0, 0.05) is 18.7 Å². The van der Waals surface area contributed by atoms with Crippen LogP contribution in [0.5, 0.6) is 0 Å². The number of carbonyl (C=O) groups is 1. The number of sulfonamides is 1. The number of benzene rings is 1. The van der Waals surface area contributed by atoms with Gasteiger partial charge in [0.15, 0.2) is 0 Å². The van der Waals surface area contributed by atoms with Gasteiger partial charge in [0.05, 0.1) is 4.90 Å². The van der Waals surface area contributed by atoms with Gasteiger partial charge in [-0.2, -0.15) is 0 Å². The molecule has 3 N–H and O–H groups in total. The number of carbonyl (C=O) groups excluding carboxylic acids is 1. The zero-order valence-corrected chi connectivity index (χ0v) is 16.9. The van der Waals surface area contributed by atoms with Crippen LogP contribution >= 0.6 is 0 Å². The highest BCUT2D eigenvalue weighted by Crippen LogP contribution is 2.30. The minimum absolute atomic E-state index is 0.0584. The molecule has 7 nitrogen and oxygen atoms in total. The quantitative estimate of drug-likeness (QED) is 0.789. The monoisotopic (exact) mass is 392 g/mol. The third kappa shape index (κ3) is 4.01. The number of hydrogen-bond acceptors (Lipinski definition) is 5. The molecule has 27 heavy (non-hydrogen) atoms. The van der Waals surface area contributed by atoms with Crippen LogP contribution in [0.4, 0.5) is 0 Å². The molecule has 148 valence electrons. The van der Waals surface area contributed by atoms with Crippen molar-refractivity contribution in [3.05, 3.63) is 29.8 Å². The van der Waals surface area contributed by atoms with Gasteiger partial charge >= 0.3 is 0 Å². The van der Waals surface area contributed by atoms with Crippen LogP contribution in [0.25, 0.3) is 0 Å². The molecule has 0 aromatic heterocycles. The van der Waals surface area contributed by atoms with Crippen LogP contribution in [0.15, 0.2) is 34.2 Å². The minimum Gasteiger partial charge on any atom is -0.340 e. The second-order valence-electron chi connectivity index (χ2n) is 8.25. The lowest BCUT2D eigenvalue weighted by molar-refractivity contribution is -0.132. The molecule has 1 amide bonds. The topological polar surface area (TPSA) is 105 Å². The van der Waals surface area contributed by atoms with Crippen molar-refractivity contribution in [3.63, 3.8) is 0 Å². The summed E-state index contributed by atoms with van der Waals surface area (Å²) in [6, 6.07) is 6.09. The summed E-state index contributed by atoms with van der Waals surface area (Å²) >= 11 is 0. The molecule has 8 heteroatoms. The lowest BCUT2D eigenvalue weighted by atomic mass is 9.90. The fourth-order valence-corrected chi connectivity index (χ4v) is 4.87. The Labute approximate surface area is 161 Å². The number of amides is 1. The van der Waals surface area contributed by atoms with E-state index in [1.54, 1.807) is 24.3 Å². The second-order valence-corrected chi connectivity index (χ2v) is 9.90. The largest absolute Gasteiger partial charge is 0.340 e. The average Bonchev–Trinajstić information content (AvgIpc) is 3.13. The van der Waals surface area contributed by atoms with Crippen molar-refractivity contribution >= 4 is 21.8 Å². The van der Waals surface area contributed by atoms with Gasteiger partial charge in [-0.25, -0.2) is 8.42 Å². The molecule has 2 heterocycles. The molecular weight excluding hydrogens is 364 g/mol. The van der Waals surface area contributed by atoms with Gasteiger partial charge in [0.1, 0.15) is 11.9 Å². The number of fused-ring (bicyclic) bond motifs is 1. The van der Waals surface area contributed by atoms with Crippen LogP contribution in [0.3, 0.4) is 0 Å². The molecule has 0 aliphatic carbocycles. The Bertz CT molecular complexity index is 865. The number of nitrogens with one attached hydrogen (secondary N) is 1. The fourth-order valence-electron chi connectivity index (χ4n) is 3.63. The Morgan fingerprint density at radius 3 is 2.70 bits per heavy atom. The third-order valence-corrected chi connectivity index (χ3v) is 6.69. The number of rotatable bonds is 5. The fraction of sp³-hybridized carbons (Fsp3) is 0.579. The zero-order chi connectivity index (χ0) is 19.8. The van der Waals surface area contributed by atoms with Crippen molar-refractivity contribution in [1.82, 2.24) is 9.62 Å². The van der Waals surface area contributed by atoms with E-state index in [-0.39, 0.29) is 28.0 Å². The summed E-state index contributed by atoms with van der Waals surface area (Å²) in [6.45, 7) is 7.96. The van der Waals surface area contributed by atoms with Crippen LogP contribution in [0.2, 0.25) is 0 Å². The van der Waals surface area contributed by atoms with Gasteiger partial charge in [-0.3, -0.25) is 14.5 Å². The molecule has 2 aliphatic heterocycles. The van der Waals surface area contributed by atoms with E-state index in [9.17, 15) is 13.2 Å². The highest BCUT2D eigenvalue weighted by Gasteiger charge is 2.38. The summed E-state index contributed by atoms with van der Waals surface area (Å²) < 4.78 is 27.1. The summed E-state index contributed by atoms with van der Waals surface area (Å²) in [5, 5.41) is 0. The molecule has 3 rings (SSSR count). The van der Waals surface area contributed by atoms with E-state index in [0.717, 1.165) is 6.42 Å². The molecule has 0 radical (unpaired) electrons. The van der Waals surface area contributed by atoms with Crippen molar-refractivity contribution in [2.45, 2.75) is 44.6 Å². The molecule has 1 fully saturated rings. The molecule has 0 bridgehead atoms. The van der Waals surface area contributed by atoms with Crippen molar-refractivity contribution in [1.29, 1.82) is 0 Å². The normalized spacial score (nSPS) is 26.3. The Balaban J connectivity index is 1.91. The average molecular weight is 393 g/mol. The van der Waals surface area contributed by atoms with Crippen LogP contribution in [0, 0.1) is 11.3 Å². The van der Waals surface area contributed by atoms with E-state index >= 15 is 0 Å². The smallest absolute Gasteiger partial charge is 0.263 e. The number of aliphatic imine (C=N–C) groups is 1. The lowest BCUT2D eigenvalue weighted by Crippen LogP contribution is -2.41. The van der Waals surface area contributed by atoms with E-state index in [2.05, 4.69) is 16.6 Å². The second kappa shape index (κ2) is 7.24. The van der Waals surface area contributed by atoms with Crippen LogP contribution in [0.1, 0.15) is 39.2 Å². The SMILES string of the molecule is CC(C)CC(N=C1NS(=O)(=O)c2ccccc21)C(=O)N1CCC(C)(CN)C1. The van der Waals surface area contributed by atoms with Crippen LogP contribution in [-0.4, -0.2) is 50.7 Å². The van der Waals surface area contributed by atoms with Gasteiger partial charge in [0.25, 0.3) is 10.0 Å². The highest BCUT2D eigenvalue weighted by atomic mass is 32.2. The highest BCUT2D eigenvalue weighted by molar-refractivity contribution is 7.90. The molecule has 2 unspecified atom stereocenters. The summed E-state index contributed by atoms with van der Waals surface area (Å²) in [4.78, 5) is 19.7. The zero-order valence-electron chi connectivity index (χ0n) is 16.1. The summed E-state index contributed by atoms with van der Waals surface area (Å²) in [7, 11) is -3.62. The maximum Gasteiger partial charge on any atom is 0.263 e. The van der Waals surface area contributed by atoms with Gasteiger partial charge in [-0.1, -0.05) is 32.9 Å². The van der Waals surface area contributed by atoms with E-state index in [1.807, 2.05) is 18.7 Å². The molecule has 1 aromatic carbocycles. The van der Waals surface area contributed by atoms with Gasteiger partial charge in [-0.05, 0) is 42.9 Å². The predicted molar refractivity (Wildman–Crippen MR) is 105 cm³/mol. The molecule has 2 aliphatic rings. The molecule has 1 aromatic rings. The van der Waals surface area contributed by atoms with Crippen molar-refractivity contribution in [2.75, 3.05) is 19.6 Å². The first-order valence-corrected chi connectivity index (χ1v) is 10.8. The number of nitrogens with two attached hydrogens (primary N) is 1. The van der Waals surface area contributed by atoms with E-state index < -0.39 is 16.1 Å². The number of nitrogens with zero attached hydrogens (tertiary/aromatic N) is 2. The minimum atomic E-state index is -3.62. The Morgan fingerprint density at radius 1 is 1.37 bits per heavy atom. The molecule has 0 spiro atoms. The summed E-state index contributed by atoms with van der Waals surface area (Å²) in [5.74, 6) is 0.447. The molecule has 0 saturated carbocycles. The van der Waals surface area contributed by atoms with E-state index in [0.29, 0.717) is 31.6 Å². The first kappa shape index (κ1) is 19.8. The molecular formula is C19H28N4O3S. The first-order valence-electron chi connectivity index (χ1n) is 9.34.